The van der Waals surface area contributed by atoms with Crippen molar-refractivity contribution in [1.29, 1.82) is 0 Å². The summed E-state index contributed by atoms with van der Waals surface area (Å²) in [7, 11) is 0. The van der Waals surface area contributed by atoms with Crippen LogP contribution in [0.5, 0.6) is 0 Å². The molecule has 24 heavy (non-hydrogen) atoms. The lowest BCUT2D eigenvalue weighted by Gasteiger charge is -2.09. The van der Waals surface area contributed by atoms with Crippen LogP contribution < -0.4 is 5.32 Å². The topological polar surface area (TPSA) is 50.7 Å². The van der Waals surface area contributed by atoms with E-state index in [0.29, 0.717) is 5.82 Å². The van der Waals surface area contributed by atoms with E-state index in [9.17, 15) is 0 Å². The maximum absolute atomic E-state index is 5.72. The van der Waals surface area contributed by atoms with Crippen LogP contribution in [-0.2, 0) is 3.79 Å². The van der Waals surface area contributed by atoms with Gasteiger partial charge in [-0.3, -0.25) is 5.32 Å². The fourth-order valence-corrected chi connectivity index (χ4v) is 2.70. The maximum Gasteiger partial charge on any atom is 0.250 e. The van der Waals surface area contributed by atoms with E-state index < -0.39 is 3.79 Å². The highest BCUT2D eigenvalue weighted by atomic mass is 79.9. The van der Waals surface area contributed by atoms with Crippen LogP contribution in [-0.4, -0.2) is 26.0 Å². The molecule has 0 aliphatic rings. The van der Waals surface area contributed by atoms with Gasteiger partial charge in [0.05, 0.1) is 11.0 Å². The summed E-state index contributed by atoms with van der Waals surface area (Å²) < 4.78 is -0.791. The smallest absolute Gasteiger partial charge is 0.250 e. The molecule has 4 nitrogen and oxygen atoms in total. The van der Waals surface area contributed by atoms with Crippen LogP contribution in [0.3, 0.4) is 0 Å². The van der Waals surface area contributed by atoms with E-state index in [1.54, 1.807) is 0 Å². The lowest BCUT2D eigenvalue weighted by Crippen LogP contribution is -2.25. The molecular weight excluding hydrogens is 481 g/mol. The van der Waals surface area contributed by atoms with Crippen LogP contribution in [0.1, 0.15) is 19.7 Å². The van der Waals surface area contributed by atoms with Crippen LogP contribution >= 0.6 is 73.9 Å². The summed E-state index contributed by atoms with van der Waals surface area (Å²) in [5.41, 5.74) is 0.741. The molecule has 0 amide bonds. The number of hydrogen-bond donors (Lipinski definition) is 1. The summed E-state index contributed by atoms with van der Waals surface area (Å²) in [6.45, 7) is 3.67. The minimum atomic E-state index is -1.65. The van der Waals surface area contributed by atoms with Gasteiger partial charge in [0.25, 0.3) is 0 Å². The van der Waals surface area contributed by atoms with Gasteiger partial charge in [-0.2, -0.15) is 0 Å². The average molecular weight is 495 g/mol. The molecule has 0 saturated carbocycles. The predicted octanol–water partition coefficient (Wildman–Crippen LogP) is 5.87. The number of rotatable bonds is 3. The molecule has 10 heteroatoms. The van der Waals surface area contributed by atoms with Gasteiger partial charge in [0.2, 0.25) is 3.79 Å². The number of halogens is 6. The molecule has 0 aliphatic carbocycles. The highest BCUT2D eigenvalue weighted by Crippen LogP contribution is 2.36. The van der Waals surface area contributed by atoms with E-state index in [1.165, 1.54) is 6.33 Å². The van der Waals surface area contributed by atoms with Crippen LogP contribution in [0.4, 0.5) is 0 Å². The van der Waals surface area contributed by atoms with Crippen molar-refractivity contribution < 1.29 is 0 Å². The third-order valence-corrected chi connectivity index (χ3v) is 3.85. The number of hydrogen-bond acceptors (Lipinski definition) is 4. The lowest BCUT2D eigenvalue weighted by atomic mass is 10.2. The first-order valence-corrected chi connectivity index (χ1v) is 9.46. The van der Waals surface area contributed by atoms with Gasteiger partial charge in [-0.15, -0.1) is 23.2 Å². The van der Waals surface area contributed by atoms with E-state index in [0.717, 1.165) is 10.0 Å². The maximum atomic E-state index is 5.72. The second-order valence-electron chi connectivity index (χ2n) is 4.51. The number of nitrogens with one attached hydrogen (secondary N) is 1. The highest BCUT2D eigenvalue weighted by Gasteiger charge is 2.27. The van der Waals surface area contributed by atoms with Gasteiger partial charge in [0.15, 0.2) is 11.6 Å². The van der Waals surface area contributed by atoms with Crippen LogP contribution in [0.15, 0.2) is 35.1 Å². The summed E-state index contributed by atoms with van der Waals surface area (Å²) in [4.78, 5) is 12.0. The van der Waals surface area contributed by atoms with Crippen LogP contribution in [0, 0.1) is 0 Å². The Balaban J connectivity index is 0.000000351. The quantitative estimate of drug-likeness (QED) is 0.427. The number of alkyl halides is 5. The summed E-state index contributed by atoms with van der Waals surface area (Å²) in [6.07, 6.45) is 1.32. The second kappa shape index (κ2) is 10.3. The predicted molar refractivity (Wildman–Crippen MR) is 106 cm³/mol. The molecular formula is C14H14BrCl5N4. The Morgan fingerprint density at radius 3 is 2.08 bits per heavy atom. The Hall–Kier alpha value is 0.120. The molecule has 0 saturated heterocycles. The van der Waals surface area contributed by atoms with Gasteiger partial charge >= 0.3 is 0 Å². The third kappa shape index (κ3) is 8.00. The summed E-state index contributed by atoms with van der Waals surface area (Å²) >= 11 is 31.5. The molecule has 132 valence electrons. The standard InChI is InChI=1S/C10H5BrCl3N3.C4H9Cl2N/c11-7-4-2-1-3-6(7)8-15-5-16-9(17-8)10(12,13)14;1-3(5)7-4(2)6/h1-5H;3-4,7H,1-2H3. The van der Waals surface area contributed by atoms with Crippen molar-refractivity contribution in [1.82, 2.24) is 20.3 Å². The zero-order chi connectivity index (χ0) is 18.3. The fraction of sp³-hybridized carbons (Fsp3) is 0.357. The van der Waals surface area contributed by atoms with Crippen molar-refractivity contribution in [3.63, 3.8) is 0 Å². The summed E-state index contributed by atoms with van der Waals surface area (Å²) in [5, 5.41) is 2.84. The first kappa shape index (κ1) is 22.2. The zero-order valence-corrected chi connectivity index (χ0v) is 18.0. The van der Waals surface area contributed by atoms with E-state index in [2.05, 4.69) is 36.2 Å². The van der Waals surface area contributed by atoms with Crippen molar-refractivity contribution in [3.05, 3.63) is 40.9 Å². The molecule has 2 rings (SSSR count). The summed E-state index contributed by atoms with van der Waals surface area (Å²) in [6, 6.07) is 7.51. The molecule has 2 aromatic rings. The average Bonchev–Trinajstić information content (AvgIpc) is 2.46. The van der Waals surface area contributed by atoms with E-state index in [4.69, 9.17) is 58.0 Å². The summed E-state index contributed by atoms with van der Waals surface area (Å²) in [5.74, 6) is 0.553. The molecule has 2 atom stereocenters. The van der Waals surface area contributed by atoms with Gasteiger partial charge in [0, 0.05) is 10.0 Å². The molecule has 2 unspecified atom stereocenters. The first-order valence-electron chi connectivity index (χ1n) is 6.66. The first-order chi connectivity index (χ1) is 11.1. The van der Waals surface area contributed by atoms with Crippen molar-refractivity contribution in [2.24, 2.45) is 0 Å². The number of aromatic nitrogens is 3. The van der Waals surface area contributed by atoms with Gasteiger partial charge in [-0.1, -0.05) is 68.9 Å². The Bertz CT molecular complexity index is 643. The van der Waals surface area contributed by atoms with Crippen molar-refractivity contribution >= 4 is 73.9 Å². The Labute approximate surface area is 174 Å². The largest absolute Gasteiger partial charge is 0.286 e. The molecule has 0 aliphatic heterocycles. The Kier molecular flexibility index (Phi) is 9.52. The minimum Gasteiger partial charge on any atom is -0.286 e. The third-order valence-electron chi connectivity index (χ3n) is 2.40. The molecule has 1 aromatic heterocycles. The molecule has 1 heterocycles. The van der Waals surface area contributed by atoms with Gasteiger partial charge in [0.1, 0.15) is 6.33 Å². The molecule has 0 fully saturated rings. The van der Waals surface area contributed by atoms with Gasteiger partial charge < -0.3 is 0 Å². The van der Waals surface area contributed by atoms with E-state index in [1.807, 2.05) is 38.1 Å². The monoisotopic (exact) mass is 492 g/mol. The van der Waals surface area contributed by atoms with Crippen LogP contribution in [0.2, 0.25) is 0 Å². The zero-order valence-electron chi connectivity index (χ0n) is 12.7. The normalized spacial score (nSPS) is 13.7. The lowest BCUT2D eigenvalue weighted by molar-refractivity contribution is 0.667. The van der Waals surface area contributed by atoms with Crippen molar-refractivity contribution in [3.8, 4) is 11.4 Å². The number of benzene rings is 1. The molecule has 0 spiro atoms. The molecule has 0 bridgehead atoms. The highest BCUT2D eigenvalue weighted by molar-refractivity contribution is 9.10. The SMILES string of the molecule is CC(Cl)NC(C)Cl.ClC(Cl)(Cl)c1ncnc(-c2ccccc2Br)n1. The van der Waals surface area contributed by atoms with Gasteiger partial charge in [-0.25, -0.2) is 15.0 Å². The van der Waals surface area contributed by atoms with E-state index >= 15 is 0 Å². The van der Waals surface area contributed by atoms with Crippen molar-refractivity contribution in [2.75, 3.05) is 0 Å². The molecule has 1 aromatic carbocycles. The van der Waals surface area contributed by atoms with Gasteiger partial charge in [-0.05, 0) is 19.9 Å². The Morgan fingerprint density at radius 2 is 1.62 bits per heavy atom. The Morgan fingerprint density at radius 1 is 1.04 bits per heavy atom. The van der Waals surface area contributed by atoms with E-state index in [-0.39, 0.29) is 16.8 Å². The van der Waals surface area contributed by atoms with Crippen LogP contribution in [0.25, 0.3) is 11.4 Å². The number of nitrogens with zero attached hydrogens (tertiary/aromatic N) is 3. The van der Waals surface area contributed by atoms with Crippen molar-refractivity contribution in [2.45, 2.75) is 28.6 Å². The fourth-order valence-electron chi connectivity index (χ4n) is 1.52. The second-order valence-corrected chi connectivity index (χ2v) is 8.95. The molecule has 1 N–H and O–H groups in total. The molecule has 0 radical (unpaired) electrons. The minimum absolute atomic E-state index is 0.0347.